The van der Waals surface area contributed by atoms with Crippen molar-refractivity contribution < 1.29 is 9.13 Å². The van der Waals surface area contributed by atoms with Crippen molar-refractivity contribution in [2.45, 2.75) is 39.0 Å². The first-order valence-electron chi connectivity index (χ1n) is 7.28. The minimum atomic E-state index is -0.194. The Labute approximate surface area is 125 Å². The zero-order chi connectivity index (χ0) is 14.9. The van der Waals surface area contributed by atoms with Crippen LogP contribution in [-0.2, 0) is 19.5 Å². The van der Waals surface area contributed by atoms with Crippen LogP contribution in [0, 0.1) is 5.82 Å². The highest BCUT2D eigenvalue weighted by atomic mass is 19.1. The van der Waals surface area contributed by atoms with Gasteiger partial charge in [0.05, 0.1) is 0 Å². The zero-order valence-electron chi connectivity index (χ0n) is 12.4. The molecule has 1 N–H and O–H groups in total. The standard InChI is InChI=1S/C18H20FNO/c1-18(2)10-15-9-14(5-8-17(15)21-18)12-20-11-13-3-6-16(19)7-4-13/h3-9,20H,10-12H2,1-2H3. The first kappa shape index (κ1) is 14.1. The number of benzene rings is 2. The molecule has 2 aromatic rings. The smallest absolute Gasteiger partial charge is 0.123 e. The molecule has 0 spiro atoms. The lowest BCUT2D eigenvalue weighted by atomic mass is 10.0. The highest BCUT2D eigenvalue weighted by Gasteiger charge is 2.29. The van der Waals surface area contributed by atoms with E-state index in [9.17, 15) is 4.39 Å². The summed E-state index contributed by atoms with van der Waals surface area (Å²) >= 11 is 0. The predicted molar refractivity (Wildman–Crippen MR) is 81.8 cm³/mol. The number of halogens is 1. The summed E-state index contributed by atoms with van der Waals surface area (Å²) in [6.07, 6.45) is 0.953. The molecule has 0 saturated carbocycles. The quantitative estimate of drug-likeness (QED) is 0.922. The second kappa shape index (κ2) is 5.49. The van der Waals surface area contributed by atoms with Gasteiger partial charge in [0.15, 0.2) is 0 Å². The molecule has 0 fully saturated rings. The average Bonchev–Trinajstić information content (AvgIpc) is 2.74. The van der Waals surface area contributed by atoms with Gasteiger partial charge in [0.1, 0.15) is 17.2 Å². The van der Waals surface area contributed by atoms with Gasteiger partial charge in [-0.05, 0) is 48.7 Å². The largest absolute Gasteiger partial charge is 0.487 e. The molecule has 21 heavy (non-hydrogen) atoms. The third kappa shape index (κ3) is 3.42. The van der Waals surface area contributed by atoms with Crippen molar-refractivity contribution in [1.82, 2.24) is 5.32 Å². The Morgan fingerprint density at radius 2 is 1.71 bits per heavy atom. The van der Waals surface area contributed by atoms with E-state index in [1.165, 1.54) is 23.3 Å². The third-order valence-corrected chi connectivity index (χ3v) is 3.70. The van der Waals surface area contributed by atoms with E-state index in [0.717, 1.165) is 30.8 Å². The maximum atomic E-state index is 12.8. The molecule has 0 atom stereocenters. The molecule has 110 valence electrons. The van der Waals surface area contributed by atoms with Crippen LogP contribution in [0.25, 0.3) is 0 Å². The topological polar surface area (TPSA) is 21.3 Å². The van der Waals surface area contributed by atoms with Gasteiger partial charge in [0.2, 0.25) is 0 Å². The summed E-state index contributed by atoms with van der Waals surface area (Å²) < 4.78 is 18.7. The molecule has 2 aromatic carbocycles. The Hall–Kier alpha value is -1.87. The second-order valence-electron chi connectivity index (χ2n) is 6.21. The van der Waals surface area contributed by atoms with Crippen LogP contribution in [0.15, 0.2) is 42.5 Å². The van der Waals surface area contributed by atoms with Gasteiger partial charge in [-0.3, -0.25) is 0 Å². The molecule has 0 saturated heterocycles. The van der Waals surface area contributed by atoms with Crippen molar-refractivity contribution in [3.63, 3.8) is 0 Å². The number of rotatable bonds is 4. The fourth-order valence-electron chi connectivity index (χ4n) is 2.73. The molecule has 2 nitrogen and oxygen atoms in total. The molecule has 0 radical (unpaired) electrons. The normalized spacial score (nSPS) is 15.6. The lowest BCUT2D eigenvalue weighted by Gasteiger charge is -2.16. The fourth-order valence-corrected chi connectivity index (χ4v) is 2.73. The lowest BCUT2D eigenvalue weighted by Crippen LogP contribution is -2.24. The lowest BCUT2D eigenvalue weighted by molar-refractivity contribution is 0.138. The Morgan fingerprint density at radius 1 is 1.05 bits per heavy atom. The van der Waals surface area contributed by atoms with Gasteiger partial charge in [0.25, 0.3) is 0 Å². The first-order valence-corrected chi connectivity index (χ1v) is 7.28. The van der Waals surface area contributed by atoms with E-state index in [-0.39, 0.29) is 11.4 Å². The molecule has 0 bridgehead atoms. The van der Waals surface area contributed by atoms with Crippen LogP contribution in [0.5, 0.6) is 5.75 Å². The average molecular weight is 285 g/mol. The van der Waals surface area contributed by atoms with Gasteiger partial charge in [-0.25, -0.2) is 4.39 Å². The first-order chi connectivity index (χ1) is 10.0. The molecule has 1 aliphatic heterocycles. The molecule has 0 unspecified atom stereocenters. The van der Waals surface area contributed by atoms with Crippen molar-refractivity contribution in [3.05, 3.63) is 65.0 Å². The van der Waals surface area contributed by atoms with Crippen molar-refractivity contribution in [2.24, 2.45) is 0 Å². The molecule has 1 heterocycles. The summed E-state index contributed by atoms with van der Waals surface area (Å²) in [5, 5.41) is 3.39. The molecule has 0 aliphatic carbocycles. The van der Waals surface area contributed by atoms with E-state index in [2.05, 4.69) is 37.4 Å². The Bertz CT molecular complexity index is 634. The van der Waals surface area contributed by atoms with Gasteiger partial charge in [-0.2, -0.15) is 0 Å². The van der Waals surface area contributed by atoms with E-state index in [1.54, 1.807) is 12.1 Å². The minimum absolute atomic E-state index is 0.0947. The number of ether oxygens (including phenoxy) is 1. The summed E-state index contributed by atoms with van der Waals surface area (Å²) in [6.45, 7) is 5.75. The monoisotopic (exact) mass is 285 g/mol. The summed E-state index contributed by atoms with van der Waals surface area (Å²) in [7, 11) is 0. The van der Waals surface area contributed by atoms with E-state index in [4.69, 9.17) is 4.74 Å². The molecular weight excluding hydrogens is 265 g/mol. The van der Waals surface area contributed by atoms with E-state index < -0.39 is 0 Å². The summed E-state index contributed by atoms with van der Waals surface area (Å²) in [4.78, 5) is 0. The van der Waals surface area contributed by atoms with Crippen LogP contribution in [0.4, 0.5) is 4.39 Å². The van der Waals surface area contributed by atoms with E-state index in [1.807, 2.05) is 0 Å². The van der Waals surface area contributed by atoms with E-state index in [0.29, 0.717) is 0 Å². The Kier molecular flexibility index (Phi) is 3.68. The zero-order valence-corrected chi connectivity index (χ0v) is 12.4. The highest BCUT2D eigenvalue weighted by molar-refractivity contribution is 5.41. The van der Waals surface area contributed by atoms with Crippen LogP contribution in [0.3, 0.4) is 0 Å². The summed E-state index contributed by atoms with van der Waals surface area (Å²) in [5.41, 5.74) is 3.52. The van der Waals surface area contributed by atoms with Crippen molar-refractivity contribution in [2.75, 3.05) is 0 Å². The molecule has 3 rings (SSSR count). The van der Waals surface area contributed by atoms with Crippen molar-refractivity contribution in [1.29, 1.82) is 0 Å². The second-order valence-corrected chi connectivity index (χ2v) is 6.21. The SMILES string of the molecule is CC1(C)Cc2cc(CNCc3ccc(F)cc3)ccc2O1. The Morgan fingerprint density at radius 3 is 2.48 bits per heavy atom. The minimum Gasteiger partial charge on any atom is -0.487 e. The van der Waals surface area contributed by atoms with Crippen LogP contribution in [-0.4, -0.2) is 5.60 Å². The maximum Gasteiger partial charge on any atom is 0.123 e. The molecule has 1 aliphatic rings. The van der Waals surface area contributed by atoms with Gasteiger partial charge in [-0.1, -0.05) is 24.3 Å². The number of fused-ring (bicyclic) bond motifs is 1. The fraction of sp³-hybridized carbons (Fsp3) is 0.333. The van der Waals surface area contributed by atoms with Crippen molar-refractivity contribution in [3.8, 4) is 5.75 Å². The number of hydrogen-bond donors (Lipinski definition) is 1. The summed E-state index contributed by atoms with van der Waals surface area (Å²) in [5.74, 6) is 0.808. The highest BCUT2D eigenvalue weighted by Crippen LogP contribution is 2.35. The predicted octanol–water partition coefficient (Wildman–Crippen LogP) is 3.83. The maximum absolute atomic E-state index is 12.8. The molecule has 0 amide bonds. The molecular formula is C18H20FNO. The van der Waals surface area contributed by atoms with Crippen LogP contribution in [0.2, 0.25) is 0 Å². The molecule has 0 aromatic heterocycles. The Balaban J connectivity index is 1.58. The molecule has 3 heteroatoms. The van der Waals surface area contributed by atoms with Crippen LogP contribution in [0.1, 0.15) is 30.5 Å². The van der Waals surface area contributed by atoms with Crippen molar-refractivity contribution >= 4 is 0 Å². The van der Waals surface area contributed by atoms with Gasteiger partial charge in [-0.15, -0.1) is 0 Å². The van der Waals surface area contributed by atoms with Gasteiger partial charge in [0, 0.05) is 19.5 Å². The summed E-state index contributed by atoms with van der Waals surface area (Å²) in [6, 6.07) is 13.0. The van der Waals surface area contributed by atoms with E-state index >= 15 is 0 Å². The van der Waals surface area contributed by atoms with Gasteiger partial charge < -0.3 is 10.1 Å². The van der Waals surface area contributed by atoms with Crippen LogP contribution < -0.4 is 10.1 Å². The van der Waals surface area contributed by atoms with Gasteiger partial charge >= 0.3 is 0 Å². The van der Waals surface area contributed by atoms with Crippen LogP contribution >= 0.6 is 0 Å². The number of hydrogen-bond acceptors (Lipinski definition) is 2. The third-order valence-electron chi connectivity index (χ3n) is 3.70. The number of nitrogens with one attached hydrogen (secondary N) is 1.